The van der Waals surface area contributed by atoms with E-state index in [9.17, 15) is 9.50 Å². The van der Waals surface area contributed by atoms with E-state index in [-0.39, 0.29) is 30.6 Å². The van der Waals surface area contributed by atoms with Gasteiger partial charge in [-0.3, -0.25) is 4.90 Å². The number of β-amino-alcohol motifs (C(OH)–C–C–N with tert-alkyl or cyclic N) is 1. The molecule has 1 saturated heterocycles. The number of benzene rings is 1. The van der Waals surface area contributed by atoms with Crippen molar-refractivity contribution in [3.8, 4) is 0 Å². The Bertz CT molecular complexity index is 493. The minimum atomic E-state index is -0.413. The molecule has 150 valence electrons. The first-order chi connectivity index (χ1) is 11.7. The Kier molecular flexibility index (Phi) is 10.8. The van der Waals surface area contributed by atoms with Gasteiger partial charge in [0.2, 0.25) is 0 Å². The lowest BCUT2D eigenvalue weighted by molar-refractivity contribution is -0.0336. The molecule has 1 unspecified atom stereocenters. The van der Waals surface area contributed by atoms with Crippen LogP contribution in [0.3, 0.4) is 0 Å². The maximum atomic E-state index is 13.0. The average molecular weight is 409 g/mol. The van der Waals surface area contributed by atoms with Gasteiger partial charge >= 0.3 is 0 Å². The molecule has 0 radical (unpaired) electrons. The lowest BCUT2D eigenvalue weighted by atomic mass is 9.98. The molecule has 1 atom stereocenters. The first kappa shape index (κ1) is 23.4. The molecule has 2 fully saturated rings. The zero-order valence-electron chi connectivity index (χ0n) is 15.2. The third kappa shape index (κ3) is 7.20. The number of anilines is 1. The molecule has 0 spiro atoms. The number of halogens is 3. The Hall–Kier alpha value is -0.590. The van der Waals surface area contributed by atoms with Gasteiger partial charge < -0.3 is 14.7 Å². The molecule has 0 bridgehead atoms. The highest BCUT2D eigenvalue weighted by Crippen LogP contribution is 2.20. The van der Waals surface area contributed by atoms with Crippen LogP contribution in [0.4, 0.5) is 10.1 Å². The summed E-state index contributed by atoms with van der Waals surface area (Å²) in [4.78, 5) is 4.55. The molecule has 1 aliphatic carbocycles. The zero-order valence-corrected chi connectivity index (χ0v) is 16.8. The summed E-state index contributed by atoms with van der Waals surface area (Å²) >= 11 is 0. The second-order valence-corrected chi connectivity index (χ2v) is 7.01. The largest absolute Gasteiger partial charge is 0.389 e. The number of hydrogen-bond donors (Lipinski definition) is 1. The van der Waals surface area contributed by atoms with Crippen LogP contribution >= 0.6 is 24.8 Å². The van der Waals surface area contributed by atoms with Crippen molar-refractivity contribution < 1.29 is 14.2 Å². The lowest BCUT2D eigenvalue weighted by Gasteiger charge is -2.37. The summed E-state index contributed by atoms with van der Waals surface area (Å²) < 4.78 is 18.9. The van der Waals surface area contributed by atoms with E-state index in [1.807, 2.05) is 12.1 Å². The van der Waals surface area contributed by atoms with Crippen molar-refractivity contribution >= 4 is 30.5 Å². The number of aliphatic hydroxyl groups is 1. The van der Waals surface area contributed by atoms with Crippen LogP contribution < -0.4 is 4.90 Å². The normalized spacial score (nSPS) is 20.2. The van der Waals surface area contributed by atoms with Crippen molar-refractivity contribution in [2.75, 3.05) is 44.2 Å². The van der Waals surface area contributed by atoms with Gasteiger partial charge in [0.1, 0.15) is 5.82 Å². The fourth-order valence-corrected chi connectivity index (χ4v) is 3.67. The fourth-order valence-electron chi connectivity index (χ4n) is 3.67. The van der Waals surface area contributed by atoms with E-state index >= 15 is 0 Å². The second-order valence-electron chi connectivity index (χ2n) is 7.01. The quantitative estimate of drug-likeness (QED) is 0.780. The van der Waals surface area contributed by atoms with Gasteiger partial charge in [-0.15, -0.1) is 24.8 Å². The maximum Gasteiger partial charge on any atom is 0.123 e. The predicted molar refractivity (Wildman–Crippen MR) is 108 cm³/mol. The number of nitrogens with zero attached hydrogens (tertiary/aromatic N) is 2. The van der Waals surface area contributed by atoms with Gasteiger partial charge in [0.25, 0.3) is 0 Å². The average Bonchev–Trinajstić information content (AvgIpc) is 2.62. The molecule has 1 saturated carbocycles. The van der Waals surface area contributed by atoms with E-state index in [4.69, 9.17) is 4.74 Å². The SMILES string of the molecule is Cl.Cl.OC(COC1CCCCC1)CN1CCN(c2ccc(F)cc2)CC1. The second kappa shape index (κ2) is 12.0. The standard InChI is InChI=1S/C19H29FN2O2.2ClH/c20-16-6-8-17(9-7-16)22-12-10-21(11-13-22)14-18(23)15-24-19-4-2-1-3-5-19;;/h6-9,18-19,23H,1-5,10-15H2;2*1H. The summed E-state index contributed by atoms with van der Waals surface area (Å²) in [7, 11) is 0. The molecule has 1 aromatic carbocycles. The van der Waals surface area contributed by atoms with E-state index in [1.165, 1.54) is 31.4 Å². The molecule has 3 rings (SSSR count). The summed E-state index contributed by atoms with van der Waals surface area (Å²) in [6.07, 6.45) is 6.05. The Morgan fingerprint density at radius 2 is 1.62 bits per heavy atom. The Balaban J connectivity index is 0.00000169. The van der Waals surface area contributed by atoms with Gasteiger partial charge in [0, 0.05) is 38.4 Å². The van der Waals surface area contributed by atoms with Crippen molar-refractivity contribution in [1.82, 2.24) is 4.90 Å². The number of ether oxygens (including phenoxy) is 1. The molecular formula is C19H31Cl2FN2O2. The third-order valence-electron chi connectivity index (χ3n) is 5.11. The smallest absolute Gasteiger partial charge is 0.123 e. The summed E-state index contributed by atoms with van der Waals surface area (Å²) in [6, 6.07) is 6.68. The summed E-state index contributed by atoms with van der Waals surface area (Å²) in [5, 5.41) is 10.2. The number of piperazine rings is 1. The summed E-state index contributed by atoms with van der Waals surface area (Å²) in [5.41, 5.74) is 1.07. The van der Waals surface area contributed by atoms with Gasteiger partial charge in [-0.05, 0) is 37.1 Å². The molecule has 2 aliphatic rings. The topological polar surface area (TPSA) is 35.9 Å². The minimum absolute atomic E-state index is 0. The van der Waals surface area contributed by atoms with Crippen molar-refractivity contribution in [2.45, 2.75) is 44.3 Å². The van der Waals surface area contributed by atoms with Crippen LogP contribution in [-0.2, 0) is 4.74 Å². The molecule has 0 amide bonds. The molecule has 1 heterocycles. The van der Waals surface area contributed by atoms with Gasteiger partial charge in [0.05, 0.1) is 18.8 Å². The Labute approximate surface area is 168 Å². The molecule has 1 N–H and O–H groups in total. The van der Waals surface area contributed by atoms with Gasteiger partial charge in [-0.1, -0.05) is 19.3 Å². The highest BCUT2D eigenvalue weighted by Gasteiger charge is 2.21. The predicted octanol–water partition coefficient (Wildman–Crippen LogP) is 3.50. The van der Waals surface area contributed by atoms with Crippen LogP contribution in [0.2, 0.25) is 0 Å². The number of rotatable bonds is 6. The fraction of sp³-hybridized carbons (Fsp3) is 0.684. The van der Waals surface area contributed by atoms with Crippen LogP contribution in [0.15, 0.2) is 24.3 Å². The molecule has 26 heavy (non-hydrogen) atoms. The molecule has 4 nitrogen and oxygen atoms in total. The van der Waals surface area contributed by atoms with Crippen LogP contribution in [0.1, 0.15) is 32.1 Å². The van der Waals surface area contributed by atoms with E-state index in [1.54, 1.807) is 0 Å². The molecule has 1 aromatic rings. The molecule has 0 aromatic heterocycles. The van der Waals surface area contributed by atoms with Crippen molar-refractivity contribution in [3.05, 3.63) is 30.1 Å². The van der Waals surface area contributed by atoms with Crippen LogP contribution in [-0.4, -0.2) is 61.5 Å². The van der Waals surface area contributed by atoms with Gasteiger partial charge in [-0.25, -0.2) is 4.39 Å². The number of aliphatic hydroxyl groups excluding tert-OH is 1. The summed E-state index contributed by atoms with van der Waals surface area (Å²) in [5.74, 6) is -0.196. The highest BCUT2D eigenvalue weighted by atomic mass is 35.5. The van der Waals surface area contributed by atoms with E-state index < -0.39 is 6.10 Å². The number of hydrogen-bond acceptors (Lipinski definition) is 4. The van der Waals surface area contributed by atoms with E-state index in [2.05, 4.69) is 9.80 Å². The first-order valence-corrected chi connectivity index (χ1v) is 9.23. The Morgan fingerprint density at radius 3 is 2.23 bits per heavy atom. The zero-order chi connectivity index (χ0) is 16.8. The summed E-state index contributed by atoms with van der Waals surface area (Å²) in [6.45, 7) is 4.76. The third-order valence-corrected chi connectivity index (χ3v) is 5.11. The van der Waals surface area contributed by atoms with Crippen LogP contribution in [0, 0.1) is 5.82 Å². The molecular weight excluding hydrogens is 378 g/mol. The highest BCUT2D eigenvalue weighted by molar-refractivity contribution is 5.85. The van der Waals surface area contributed by atoms with Crippen molar-refractivity contribution in [1.29, 1.82) is 0 Å². The first-order valence-electron chi connectivity index (χ1n) is 9.23. The molecule has 1 aliphatic heterocycles. The van der Waals surface area contributed by atoms with Crippen LogP contribution in [0.5, 0.6) is 0 Å². The van der Waals surface area contributed by atoms with E-state index in [0.29, 0.717) is 19.3 Å². The van der Waals surface area contributed by atoms with Crippen LogP contribution in [0.25, 0.3) is 0 Å². The van der Waals surface area contributed by atoms with Gasteiger partial charge in [0.15, 0.2) is 0 Å². The maximum absolute atomic E-state index is 13.0. The van der Waals surface area contributed by atoms with E-state index in [0.717, 1.165) is 44.7 Å². The monoisotopic (exact) mass is 408 g/mol. The van der Waals surface area contributed by atoms with Crippen molar-refractivity contribution in [2.24, 2.45) is 0 Å². The van der Waals surface area contributed by atoms with Crippen molar-refractivity contribution in [3.63, 3.8) is 0 Å². The minimum Gasteiger partial charge on any atom is -0.389 e. The molecule has 7 heteroatoms. The lowest BCUT2D eigenvalue weighted by Crippen LogP contribution is -2.49. The van der Waals surface area contributed by atoms with Gasteiger partial charge in [-0.2, -0.15) is 0 Å². The Morgan fingerprint density at radius 1 is 1.00 bits per heavy atom.